The maximum atomic E-state index is 11.9. The number of hydrogen-bond acceptors (Lipinski definition) is 3. The van der Waals surface area contributed by atoms with Gasteiger partial charge >= 0.3 is 12.1 Å². The normalized spacial score (nSPS) is 11.9. The van der Waals surface area contributed by atoms with Gasteiger partial charge in [-0.15, -0.1) is 11.3 Å². The summed E-state index contributed by atoms with van der Waals surface area (Å²) in [6.07, 6.45) is -4.49. The Hall–Kier alpha value is -1.11. The Labute approximate surface area is 101 Å². The highest BCUT2D eigenvalue weighted by Gasteiger charge is 2.38. The number of amides is 1. The number of nitrogens with one attached hydrogen (secondary N) is 1. The average Bonchev–Trinajstić information content (AvgIpc) is 2.64. The van der Waals surface area contributed by atoms with Crippen LogP contribution in [0.3, 0.4) is 0 Å². The van der Waals surface area contributed by atoms with Crippen LogP contribution in [0.1, 0.15) is 30.5 Å². The third kappa shape index (κ3) is 4.33. The van der Waals surface area contributed by atoms with E-state index in [4.69, 9.17) is 0 Å². The first-order chi connectivity index (χ1) is 7.80. The Kier molecular flexibility index (Phi) is 4.50. The molecule has 96 valence electrons. The van der Waals surface area contributed by atoms with Crippen molar-refractivity contribution in [3.05, 3.63) is 16.1 Å². The number of halogens is 3. The zero-order chi connectivity index (χ0) is 13.1. The van der Waals surface area contributed by atoms with E-state index in [1.807, 2.05) is 24.5 Å². The largest absolute Gasteiger partial charge is 0.471 e. The van der Waals surface area contributed by atoms with Gasteiger partial charge < -0.3 is 5.32 Å². The number of nitrogens with zero attached hydrogens (tertiary/aromatic N) is 1. The van der Waals surface area contributed by atoms with Gasteiger partial charge in [-0.25, -0.2) is 4.98 Å². The Bertz CT molecular complexity index is 387. The minimum Gasteiger partial charge on any atom is -0.348 e. The highest BCUT2D eigenvalue weighted by Crippen LogP contribution is 2.18. The molecule has 3 nitrogen and oxygen atoms in total. The molecule has 1 aromatic heterocycles. The molecule has 0 aliphatic heterocycles. The first-order valence-corrected chi connectivity index (χ1v) is 5.98. The molecular formula is C10H13F3N2OS. The van der Waals surface area contributed by atoms with Gasteiger partial charge in [0.15, 0.2) is 0 Å². The molecule has 1 aromatic rings. The number of rotatable bonds is 4. The minimum absolute atomic E-state index is 0.0522. The van der Waals surface area contributed by atoms with E-state index in [1.165, 1.54) is 11.3 Å². The van der Waals surface area contributed by atoms with E-state index in [2.05, 4.69) is 4.98 Å². The SMILES string of the molecule is CC(C)c1csc(CCNC(=O)C(F)(F)F)n1. The van der Waals surface area contributed by atoms with Crippen molar-refractivity contribution in [3.63, 3.8) is 0 Å². The summed E-state index contributed by atoms with van der Waals surface area (Å²) in [5.41, 5.74) is 0.923. The molecule has 1 N–H and O–H groups in total. The van der Waals surface area contributed by atoms with Gasteiger partial charge in [0, 0.05) is 18.3 Å². The summed E-state index contributed by atoms with van der Waals surface area (Å²) in [4.78, 5) is 14.8. The van der Waals surface area contributed by atoms with E-state index in [-0.39, 0.29) is 6.54 Å². The molecule has 1 rings (SSSR count). The lowest BCUT2D eigenvalue weighted by Crippen LogP contribution is -2.37. The maximum Gasteiger partial charge on any atom is 0.471 e. The number of hydrogen-bond donors (Lipinski definition) is 1. The molecular weight excluding hydrogens is 253 g/mol. The second-order valence-electron chi connectivity index (χ2n) is 3.82. The highest BCUT2D eigenvalue weighted by molar-refractivity contribution is 7.09. The Morgan fingerprint density at radius 2 is 2.18 bits per heavy atom. The van der Waals surface area contributed by atoms with E-state index in [0.717, 1.165) is 10.7 Å². The molecule has 0 aliphatic rings. The summed E-state index contributed by atoms with van der Waals surface area (Å²) in [7, 11) is 0. The fourth-order valence-corrected chi connectivity index (χ4v) is 2.05. The lowest BCUT2D eigenvalue weighted by molar-refractivity contribution is -0.173. The van der Waals surface area contributed by atoms with Crippen LogP contribution in [0.15, 0.2) is 5.38 Å². The van der Waals surface area contributed by atoms with Gasteiger partial charge in [0.1, 0.15) is 0 Å². The van der Waals surface area contributed by atoms with Gasteiger partial charge in [-0.2, -0.15) is 13.2 Å². The van der Waals surface area contributed by atoms with Crippen LogP contribution in [0, 0.1) is 0 Å². The maximum absolute atomic E-state index is 11.9. The van der Waals surface area contributed by atoms with Gasteiger partial charge in [-0.05, 0) is 5.92 Å². The zero-order valence-corrected chi connectivity index (χ0v) is 10.3. The lowest BCUT2D eigenvalue weighted by Gasteiger charge is -2.06. The summed E-state index contributed by atoms with van der Waals surface area (Å²) in [5, 5.41) is 4.43. The fourth-order valence-electron chi connectivity index (χ4n) is 1.09. The molecule has 0 saturated carbocycles. The van der Waals surface area contributed by atoms with Crippen LogP contribution in [0.25, 0.3) is 0 Å². The monoisotopic (exact) mass is 266 g/mol. The van der Waals surface area contributed by atoms with E-state index in [1.54, 1.807) is 0 Å². The van der Waals surface area contributed by atoms with Gasteiger partial charge in [-0.1, -0.05) is 13.8 Å². The second-order valence-corrected chi connectivity index (χ2v) is 4.77. The smallest absolute Gasteiger partial charge is 0.348 e. The van der Waals surface area contributed by atoms with Crippen molar-refractivity contribution < 1.29 is 18.0 Å². The van der Waals surface area contributed by atoms with Crippen molar-refractivity contribution in [2.24, 2.45) is 0 Å². The van der Waals surface area contributed by atoms with Gasteiger partial charge in [0.05, 0.1) is 10.7 Å². The quantitative estimate of drug-likeness (QED) is 0.909. The number of aromatic nitrogens is 1. The first-order valence-electron chi connectivity index (χ1n) is 5.10. The molecule has 0 atom stereocenters. The minimum atomic E-state index is -4.81. The van der Waals surface area contributed by atoms with Crippen molar-refractivity contribution in [3.8, 4) is 0 Å². The van der Waals surface area contributed by atoms with Gasteiger partial charge in [0.2, 0.25) is 0 Å². The van der Waals surface area contributed by atoms with Crippen LogP contribution in [-0.4, -0.2) is 23.6 Å². The van der Waals surface area contributed by atoms with Crippen molar-refractivity contribution >= 4 is 17.2 Å². The molecule has 0 saturated heterocycles. The van der Waals surface area contributed by atoms with Crippen LogP contribution in [0.2, 0.25) is 0 Å². The first kappa shape index (κ1) is 14.0. The Morgan fingerprint density at radius 1 is 1.53 bits per heavy atom. The summed E-state index contributed by atoms with van der Waals surface area (Å²) in [5.74, 6) is -1.61. The summed E-state index contributed by atoms with van der Waals surface area (Å²) in [6.45, 7) is 3.93. The summed E-state index contributed by atoms with van der Waals surface area (Å²) in [6, 6.07) is 0. The summed E-state index contributed by atoms with van der Waals surface area (Å²) < 4.78 is 35.6. The van der Waals surface area contributed by atoms with Crippen molar-refractivity contribution in [1.82, 2.24) is 10.3 Å². The molecule has 0 bridgehead atoms. The van der Waals surface area contributed by atoms with Crippen LogP contribution in [-0.2, 0) is 11.2 Å². The number of carbonyl (C=O) groups excluding carboxylic acids is 1. The van der Waals surface area contributed by atoms with Gasteiger partial charge in [-0.3, -0.25) is 4.79 Å². The molecule has 1 heterocycles. The third-order valence-electron chi connectivity index (χ3n) is 2.04. The zero-order valence-electron chi connectivity index (χ0n) is 9.47. The van der Waals surface area contributed by atoms with E-state index < -0.39 is 12.1 Å². The number of thiazole rings is 1. The molecule has 0 unspecified atom stereocenters. The number of carbonyl (C=O) groups is 1. The van der Waals surface area contributed by atoms with Crippen LogP contribution >= 0.6 is 11.3 Å². The predicted octanol–water partition coefficient (Wildman–Crippen LogP) is 2.49. The van der Waals surface area contributed by atoms with E-state index >= 15 is 0 Å². The van der Waals surface area contributed by atoms with Crippen molar-refractivity contribution in [1.29, 1.82) is 0 Å². The Morgan fingerprint density at radius 3 is 2.65 bits per heavy atom. The highest BCUT2D eigenvalue weighted by atomic mass is 32.1. The molecule has 0 radical (unpaired) electrons. The average molecular weight is 266 g/mol. The Balaban J connectivity index is 2.38. The molecule has 7 heteroatoms. The van der Waals surface area contributed by atoms with Crippen LogP contribution < -0.4 is 5.32 Å². The molecule has 0 aliphatic carbocycles. The van der Waals surface area contributed by atoms with Crippen LogP contribution in [0.4, 0.5) is 13.2 Å². The topological polar surface area (TPSA) is 42.0 Å². The molecule has 0 fully saturated rings. The van der Waals surface area contributed by atoms with Gasteiger partial charge in [0.25, 0.3) is 0 Å². The predicted molar refractivity (Wildman–Crippen MR) is 59.0 cm³/mol. The van der Waals surface area contributed by atoms with E-state index in [9.17, 15) is 18.0 Å². The molecule has 1 amide bonds. The fraction of sp³-hybridized carbons (Fsp3) is 0.600. The molecule has 0 spiro atoms. The van der Waals surface area contributed by atoms with Crippen LogP contribution in [0.5, 0.6) is 0 Å². The van der Waals surface area contributed by atoms with E-state index in [0.29, 0.717) is 12.3 Å². The number of alkyl halides is 3. The second kappa shape index (κ2) is 5.48. The third-order valence-corrected chi connectivity index (χ3v) is 2.97. The summed E-state index contributed by atoms with van der Waals surface area (Å²) >= 11 is 1.39. The standard InChI is InChI=1S/C10H13F3N2OS/c1-6(2)7-5-17-8(15-7)3-4-14-9(16)10(11,12)13/h5-6H,3-4H2,1-2H3,(H,14,16). The van der Waals surface area contributed by atoms with Crippen molar-refractivity contribution in [2.75, 3.05) is 6.54 Å². The molecule has 0 aromatic carbocycles. The molecule has 17 heavy (non-hydrogen) atoms. The van der Waals surface area contributed by atoms with Crippen molar-refractivity contribution in [2.45, 2.75) is 32.4 Å². The lowest BCUT2D eigenvalue weighted by atomic mass is 10.2.